The van der Waals surface area contributed by atoms with Gasteiger partial charge in [-0.25, -0.2) is 15.2 Å². The number of benzene rings is 2. The van der Waals surface area contributed by atoms with Crippen LogP contribution in [0.3, 0.4) is 0 Å². The monoisotopic (exact) mass is 322 g/mol. The third-order valence-corrected chi connectivity index (χ3v) is 2.98. The number of rotatable bonds is 2. The molecule has 4 N–H and O–H groups in total. The second-order valence-electron chi connectivity index (χ2n) is 3.69. The first-order chi connectivity index (χ1) is 9.19. The Balaban J connectivity index is 2.26. The molecular formula is C13H12BrFN4. The van der Waals surface area contributed by atoms with Gasteiger partial charge < -0.3 is 5.32 Å². The Morgan fingerprint density at radius 3 is 2.58 bits per heavy atom. The lowest BCUT2D eigenvalue weighted by Crippen LogP contribution is -2.35. The molecule has 0 amide bonds. The zero-order valence-corrected chi connectivity index (χ0v) is 11.5. The van der Waals surface area contributed by atoms with Crippen molar-refractivity contribution in [1.82, 2.24) is 5.43 Å². The van der Waals surface area contributed by atoms with Gasteiger partial charge in [0.1, 0.15) is 5.82 Å². The van der Waals surface area contributed by atoms with E-state index in [0.29, 0.717) is 16.1 Å². The molecule has 4 nitrogen and oxygen atoms in total. The summed E-state index contributed by atoms with van der Waals surface area (Å²) in [5.74, 6) is 5.36. The smallest absolute Gasteiger partial charge is 0.215 e. The van der Waals surface area contributed by atoms with Crippen molar-refractivity contribution in [2.45, 2.75) is 0 Å². The van der Waals surface area contributed by atoms with Crippen molar-refractivity contribution in [3.05, 3.63) is 58.8 Å². The summed E-state index contributed by atoms with van der Waals surface area (Å²) in [6, 6.07) is 13.7. The first-order valence-corrected chi connectivity index (χ1v) is 6.31. The maximum atomic E-state index is 13.2. The molecule has 0 heterocycles. The third-order valence-electron chi connectivity index (χ3n) is 2.31. The average Bonchev–Trinajstić information content (AvgIpc) is 2.43. The SMILES string of the molecule is NNC(=Nc1cc(F)ccc1Br)Nc1ccccc1. The van der Waals surface area contributed by atoms with E-state index in [1.165, 1.54) is 12.1 Å². The van der Waals surface area contributed by atoms with Crippen molar-refractivity contribution in [2.75, 3.05) is 5.32 Å². The van der Waals surface area contributed by atoms with Crippen LogP contribution >= 0.6 is 15.9 Å². The Morgan fingerprint density at radius 1 is 1.16 bits per heavy atom. The van der Waals surface area contributed by atoms with E-state index in [9.17, 15) is 4.39 Å². The number of hydrazine groups is 1. The number of para-hydroxylation sites is 1. The number of anilines is 1. The fourth-order valence-electron chi connectivity index (χ4n) is 1.45. The highest BCUT2D eigenvalue weighted by Crippen LogP contribution is 2.26. The number of nitrogens with two attached hydrogens (primary N) is 1. The summed E-state index contributed by atoms with van der Waals surface area (Å²) in [5, 5.41) is 2.99. The van der Waals surface area contributed by atoms with Crippen LogP contribution in [0.15, 0.2) is 58.0 Å². The molecule has 0 aromatic heterocycles. The topological polar surface area (TPSA) is 62.4 Å². The summed E-state index contributed by atoms with van der Waals surface area (Å²) in [5.41, 5.74) is 3.71. The number of hydrogen-bond acceptors (Lipinski definition) is 2. The van der Waals surface area contributed by atoms with Gasteiger partial charge in [0.25, 0.3) is 0 Å². The van der Waals surface area contributed by atoms with Gasteiger partial charge in [0.15, 0.2) is 0 Å². The number of nitrogens with zero attached hydrogens (tertiary/aromatic N) is 1. The number of nitrogens with one attached hydrogen (secondary N) is 2. The summed E-state index contributed by atoms with van der Waals surface area (Å²) in [6.07, 6.45) is 0. The largest absolute Gasteiger partial charge is 0.325 e. The van der Waals surface area contributed by atoms with Crippen molar-refractivity contribution < 1.29 is 4.39 Å². The molecule has 6 heteroatoms. The molecule has 0 aliphatic heterocycles. The summed E-state index contributed by atoms with van der Waals surface area (Å²) < 4.78 is 13.8. The maximum absolute atomic E-state index is 13.2. The van der Waals surface area contributed by atoms with Crippen molar-refractivity contribution >= 4 is 33.3 Å². The van der Waals surface area contributed by atoms with Gasteiger partial charge in [-0.1, -0.05) is 18.2 Å². The molecule has 0 unspecified atom stereocenters. The van der Waals surface area contributed by atoms with Gasteiger partial charge in [-0.3, -0.25) is 5.43 Å². The summed E-state index contributed by atoms with van der Waals surface area (Å²) in [4.78, 5) is 4.22. The lowest BCUT2D eigenvalue weighted by molar-refractivity contribution is 0.628. The van der Waals surface area contributed by atoms with E-state index in [-0.39, 0.29) is 5.82 Å². The van der Waals surface area contributed by atoms with Crippen LogP contribution in [0.25, 0.3) is 0 Å². The Labute approximate surface area is 118 Å². The normalized spacial score (nSPS) is 11.2. The predicted octanol–water partition coefficient (Wildman–Crippen LogP) is 3.15. The summed E-state index contributed by atoms with van der Waals surface area (Å²) in [6.45, 7) is 0. The molecule has 19 heavy (non-hydrogen) atoms. The maximum Gasteiger partial charge on any atom is 0.215 e. The van der Waals surface area contributed by atoms with Crippen LogP contribution in [-0.4, -0.2) is 5.96 Å². The molecule has 0 bridgehead atoms. The third kappa shape index (κ3) is 3.77. The van der Waals surface area contributed by atoms with Crippen LogP contribution in [0.2, 0.25) is 0 Å². The van der Waals surface area contributed by atoms with Crippen LogP contribution in [-0.2, 0) is 0 Å². The average molecular weight is 323 g/mol. The summed E-state index contributed by atoms with van der Waals surface area (Å²) in [7, 11) is 0. The Hall–Kier alpha value is -1.92. The first-order valence-electron chi connectivity index (χ1n) is 5.51. The Morgan fingerprint density at radius 2 is 1.89 bits per heavy atom. The van der Waals surface area contributed by atoms with Gasteiger partial charge in [-0.2, -0.15) is 0 Å². The zero-order valence-electron chi connectivity index (χ0n) is 9.90. The van der Waals surface area contributed by atoms with E-state index in [1.54, 1.807) is 6.07 Å². The van der Waals surface area contributed by atoms with Crippen LogP contribution in [0.5, 0.6) is 0 Å². The minimum absolute atomic E-state index is 0.317. The van der Waals surface area contributed by atoms with Crippen LogP contribution in [0, 0.1) is 5.82 Å². The van der Waals surface area contributed by atoms with Crippen molar-refractivity contribution in [3.63, 3.8) is 0 Å². The number of hydrogen-bond donors (Lipinski definition) is 3. The molecule has 2 rings (SSSR count). The molecule has 0 radical (unpaired) electrons. The number of aliphatic imine (C=N–C) groups is 1. The first kappa shape index (κ1) is 13.5. The van der Waals surface area contributed by atoms with Gasteiger partial charge in [-0.15, -0.1) is 0 Å². The second-order valence-corrected chi connectivity index (χ2v) is 4.55. The molecule has 0 atom stereocenters. The van der Waals surface area contributed by atoms with E-state index in [0.717, 1.165) is 5.69 Å². The highest BCUT2D eigenvalue weighted by atomic mass is 79.9. The highest BCUT2D eigenvalue weighted by molar-refractivity contribution is 9.10. The van der Waals surface area contributed by atoms with Gasteiger partial charge >= 0.3 is 0 Å². The Kier molecular flexibility index (Phi) is 4.48. The molecule has 0 spiro atoms. The van der Waals surface area contributed by atoms with Gasteiger partial charge in [0.2, 0.25) is 5.96 Å². The van der Waals surface area contributed by atoms with Gasteiger partial charge in [0, 0.05) is 16.2 Å². The minimum Gasteiger partial charge on any atom is -0.325 e. The van der Waals surface area contributed by atoms with Gasteiger partial charge in [-0.05, 0) is 40.2 Å². The minimum atomic E-state index is -0.363. The molecule has 2 aromatic carbocycles. The fraction of sp³-hybridized carbons (Fsp3) is 0. The fourth-order valence-corrected chi connectivity index (χ4v) is 1.78. The van der Waals surface area contributed by atoms with E-state index in [4.69, 9.17) is 5.84 Å². The molecule has 0 saturated heterocycles. The van der Waals surface area contributed by atoms with Crippen molar-refractivity contribution in [3.8, 4) is 0 Å². The van der Waals surface area contributed by atoms with E-state index >= 15 is 0 Å². The lowest BCUT2D eigenvalue weighted by atomic mass is 10.3. The highest BCUT2D eigenvalue weighted by Gasteiger charge is 2.03. The van der Waals surface area contributed by atoms with Crippen LogP contribution in [0.1, 0.15) is 0 Å². The molecule has 0 fully saturated rings. The molecule has 0 saturated carbocycles. The molecular weight excluding hydrogens is 311 g/mol. The van der Waals surface area contributed by atoms with Crippen molar-refractivity contribution in [2.24, 2.45) is 10.8 Å². The quantitative estimate of drug-likeness (QED) is 0.344. The van der Waals surface area contributed by atoms with Gasteiger partial charge in [0.05, 0.1) is 5.69 Å². The molecule has 0 aliphatic rings. The summed E-state index contributed by atoms with van der Waals surface area (Å²) >= 11 is 3.30. The second kappa shape index (κ2) is 6.31. The molecule has 98 valence electrons. The van der Waals surface area contributed by atoms with Crippen LogP contribution < -0.4 is 16.6 Å². The van der Waals surface area contributed by atoms with E-state index in [1.807, 2.05) is 30.3 Å². The molecule has 0 aliphatic carbocycles. The number of halogens is 2. The van der Waals surface area contributed by atoms with Crippen molar-refractivity contribution in [1.29, 1.82) is 0 Å². The molecule has 2 aromatic rings. The number of guanidine groups is 1. The van der Waals surface area contributed by atoms with E-state index < -0.39 is 0 Å². The zero-order chi connectivity index (χ0) is 13.7. The van der Waals surface area contributed by atoms with Crippen LogP contribution in [0.4, 0.5) is 15.8 Å². The predicted molar refractivity (Wildman–Crippen MR) is 78.6 cm³/mol. The standard InChI is InChI=1S/C13H12BrFN4/c14-11-7-6-9(15)8-12(11)18-13(19-16)17-10-4-2-1-3-5-10/h1-8H,16H2,(H2,17,18,19). The lowest BCUT2D eigenvalue weighted by Gasteiger charge is -2.09. The Bertz CT molecular complexity index is 586. The van der Waals surface area contributed by atoms with E-state index in [2.05, 4.69) is 31.7 Å².